The SMILES string of the molecule is CCC(C)ON=C(C)c1ccc(NC(C)=O)cc1. The van der Waals surface area contributed by atoms with Gasteiger partial charge in [0.2, 0.25) is 5.91 Å². The van der Waals surface area contributed by atoms with Gasteiger partial charge in [0.15, 0.2) is 0 Å². The van der Waals surface area contributed by atoms with Crippen LogP contribution < -0.4 is 5.32 Å². The third-order valence-electron chi connectivity index (χ3n) is 2.57. The largest absolute Gasteiger partial charge is 0.393 e. The first-order valence-corrected chi connectivity index (χ1v) is 6.11. The highest BCUT2D eigenvalue weighted by Crippen LogP contribution is 2.11. The van der Waals surface area contributed by atoms with Crippen LogP contribution in [0.3, 0.4) is 0 Å². The van der Waals surface area contributed by atoms with Gasteiger partial charge in [-0.05, 0) is 38.0 Å². The van der Waals surface area contributed by atoms with Crippen LogP contribution in [0.5, 0.6) is 0 Å². The molecule has 1 aromatic carbocycles. The van der Waals surface area contributed by atoms with Gasteiger partial charge >= 0.3 is 0 Å². The Balaban J connectivity index is 2.69. The Labute approximate surface area is 108 Å². The number of amides is 1. The van der Waals surface area contributed by atoms with Crippen LogP contribution in [0.2, 0.25) is 0 Å². The average molecular weight is 248 g/mol. The van der Waals surface area contributed by atoms with Crippen LogP contribution in [-0.2, 0) is 9.63 Å². The molecule has 1 unspecified atom stereocenters. The molecule has 0 aliphatic heterocycles. The van der Waals surface area contributed by atoms with Gasteiger partial charge in [-0.2, -0.15) is 0 Å². The molecular formula is C14H20N2O2. The van der Waals surface area contributed by atoms with Crippen molar-refractivity contribution < 1.29 is 9.63 Å². The molecule has 0 fully saturated rings. The zero-order valence-electron chi connectivity index (χ0n) is 11.4. The second kappa shape index (κ2) is 6.79. The minimum atomic E-state index is -0.0757. The van der Waals surface area contributed by atoms with Gasteiger partial charge in [0.05, 0.1) is 5.71 Å². The minimum absolute atomic E-state index is 0.0757. The van der Waals surface area contributed by atoms with Gasteiger partial charge in [0.1, 0.15) is 6.10 Å². The highest BCUT2D eigenvalue weighted by atomic mass is 16.6. The molecule has 1 aromatic rings. The number of nitrogens with zero attached hydrogens (tertiary/aromatic N) is 1. The average Bonchev–Trinajstić information content (AvgIpc) is 2.35. The number of oxime groups is 1. The fraction of sp³-hybridized carbons (Fsp3) is 0.429. The molecule has 1 amide bonds. The van der Waals surface area contributed by atoms with Crippen LogP contribution in [0, 0.1) is 0 Å². The molecule has 4 heteroatoms. The highest BCUT2D eigenvalue weighted by molar-refractivity contribution is 5.99. The smallest absolute Gasteiger partial charge is 0.221 e. The van der Waals surface area contributed by atoms with Gasteiger partial charge in [-0.1, -0.05) is 24.2 Å². The van der Waals surface area contributed by atoms with Crippen LogP contribution in [-0.4, -0.2) is 17.7 Å². The van der Waals surface area contributed by atoms with E-state index in [9.17, 15) is 4.79 Å². The summed E-state index contributed by atoms with van der Waals surface area (Å²) in [6.45, 7) is 7.42. The lowest BCUT2D eigenvalue weighted by Crippen LogP contribution is -2.06. The van der Waals surface area contributed by atoms with E-state index < -0.39 is 0 Å². The van der Waals surface area contributed by atoms with E-state index in [1.54, 1.807) is 0 Å². The Hall–Kier alpha value is -1.84. The van der Waals surface area contributed by atoms with E-state index in [2.05, 4.69) is 17.4 Å². The van der Waals surface area contributed by atoms with Crippen LogP contribution >= 0.6 is 0 Å². The molecule has 0 radical (unpaired) electrons. The molecular weight excluding hydrogens is 228 g/mol. The maximum atomic E-state index is 10.9. The Morgan fingerprint density at radius 2 is 1.94 bits per heavy atom. The first-order chi connectivity index (χ1) is 8.52. The van der Waals surface area contributed by atoms with E-state index in [1.807, 2.05) is 38.1 Å². The minimum Gasteiger partial charge on any atom is -0.393 e. The summed E-state index contributed by atoms with van der Waals surface area (Å²) in [4.78, 5) is 16.2. The second-order valence-electron chi connectivity index (χ2n) is 4.26. The van der Waals surface area contributed by atoms with Crippen molar-refractivity contribution >= 4 is 17.3 Å². The third-order valence-corrected chi connectivity index (χ3v) is 2.57. The number of carbonyl (C=O) groups excluding carboxylic acids is 1. The first-order valence-electron chi connectivity index (χ1n) is 6.11. The van der Waals surface area contributed by atoms with Crippen molar-refractivity contribution in [2.24, 2.45) is 5.16 Å². The van der Waals surface area contributed by atoms with Crippen molar-refractivity contribution in [3.63, 3.8) is 0 Å². The summed E-state index contributed by atoms with van der Waals surface area (Å²) in [7, 11) is 0. The van der Waals surface area contributed by atoms with E-state index in [-0.39, 0.29) is 12.0 Å². The molecule has 4 nitrogen and oxygen atoms in total. The summed E-state index contributed by atoms with van der Waals surface area (Å²) < 4.78 is 0. The molecule has 0 aliphatic carbocycles. The fourth-order valence-corrected chi connectivity index (χ4v) is 1.29. The Morgan fingerprint density at radius 1 is 1.33 bits per heavy atom. The summed E-state index contributed by atoms with van der Waals surface area (Å²) in [6.07, 6.45) is 1.05. The van der Waals surface area contributed by atoms with Crippen molar-refractivity contribution in [3.05, 3.63) is 29.8 Å². The molecule has 18 heavy (non-hydrogen) atoms. The number of carbonyl (C=O) groups is 1. The normalized spacial score (nSPS) is 13.0. The Bertz CT molecular complexity index is 424. The summed E-state index contributed by atoms with van der Waals surface area (Å²) in [5, 5.41) is 6.81. The van der Waals surface area contributed by atoms with E-state index in [0.717, 1.165) is 23.4 Å². The molecule has 0 saturated carbocycles. The quantitative estimate of drug-likeness (QED) is 0.642. The molecule has 0 aliphatic rings. The topological polar surface area (TPSA) is 50.7 Å². The first kappa shape index (κ1) is 14.2. The lowest BCUT2D eigenvalue weighted by Gasteiger charge is -2.08. The predicted molar refractivity (Wildman–Crippen MR) is 73.8 cm³/mol. The van der Waals surface area contributed by atoms with E-state index in [4.69, 9.17) is 4.84 Å². The van der Waals surface area contributed by atoms with Crippen molar-refractivity contribution in [1.29, 1.82) is 0 Å². The van der Waals surface area contributed by atoms with E-state index in [1.165, 1.54) is 6.92 Å². The van der Waals surface area contributed by atoms with Crippen LogP contribution in [0.1, 0.15) is 39.7 Å². The standard InChI is InChI=1S/C14H20N2O2/c1-5-10(2)18-16-11(3)13-6-8-14(9-7-13)15-12(4)17/h6-10H,5H2,1-4H3,(H,15,17). The molecule has 0 aromatic heterocycles. The number of benzene rings is 1. The number of hydrogen-bond acceptors (Lipinski definition) is 3. The molecule has 0 bridgehead atoms. The Morgan fingerprint density at radius 3 is 2.44 bits per heavy atom. The summed E-state index contributed by atoms with van der Waals surface area (Å²) >= 11 is 0. The van der Waals surface area contributed by atoms with Gasteiger partial charge in [0, 0.05) is 12.6 Å². The monoisotopic (exact) mass is 248 g/mol. The molecule has 1 rings (SSSR count). The molecule has 1 atom stereocenters. The highest BCUT2D eigenvalue weighted by Gasteiger charge is 2.01. The van der Waals surface area contributed by atoms with Crippen LogP contribution in [0.4, 0.5) is 5.69 Å². The number of nitrogens with one attached hydrogen (secondary N) is 1. The lowest BCUT2D eigenvalue weighted by atomic mass is 10.1. The van der Waals surface area contributed by atoms with Gasteiger partial charge in [-0.25, -0.2) is 0 Å². The molecule has 0 saturated heterocycles. The van der Waals surface area contributed by atoms with Crippen molar-refractivity contribution in [1.82, 2.24) is 0 Å². The number of anilines is 1. The zero-order chi connectivity index (χ0) is 13.5. The predicted octanol–water partition coefficient (Wildman–Crippen LogP) is 3.18. The second-order valence-corrected chi connectivity index (χ2v) is 4.26. The number of hydrogen-bond donors (Lipinski definition) is 1. The van der Waals surface area contributed by atoms with E-state index in [0.29, 0.717) is 0 Å². The third kappa shape index (κ3) is 4.57. The van der Waals surface area contributed by atoms with Gasteiger partial charge < -0.3 is 10.2 Å². The lowest BCUT2D eigenvalue weighted by molar-refractivity contribution is -0.114. The van der Waals surface area contributed by atoms with E-state index >= 15 is 0 Å². The summed E-state index contributed by atoms with van der Waals surface area (Å²) in [6, 6.07) is 7.51. The zero-order valence-corrected chi connectivity index (χ0v) is 11.4. The van der Waals surface area contributed by atoms with Crippen molar-refractivity contribution in [2.45, 2.75) is 40.2 Å². The molecule has 98 valence electrons. The van der Waals surface area contributed by atoms with Gasteiger partial charge in [-0.3, -0.25) is 4.79 Å². The molecule has 1 N–H and O–H groups in total. The van der Waals surface area contributed by atoms with Gasteiger partial charge in [0.25, 0.3) is 0 Å². The van der Waals surface area contributed by atoms with Crippen LogP contribution in [0.15, 0.2) is 29.4 Å². The van der Waals surface area contributed by atoms with Gasteiger partial charge in [-0.15, -0.1) is 0 Å². The Kier molecular flexibility index (Phi) is 5.36. The number of rotatable bonds is 5. The van der Waals surface area contributed by atoms with Crippen molar-refractivity contribution in [2.75, 3.05) is 5.32 Å². The fourth-order valence-electron chi connectivity index (χ4n) is 1.29. The maximum absolute atomic E-state index is 10.9. The van der Waals surface area contributed by atoms with Crippen LogP contribution in [0.25, 0.3) is 0 Å². The summed E-state index contributed by atoms with van der Waals surface area (Å²) in [5.41, 5.74) is 2.58. The molecule has 0 heterocycles. The summed E-state index contributed by atoms with van der Waals surface area (Å²) in [5.74, 6) is -0.0757. The van der Waals surface area contributed by atoms with Crippen molar-refractivity contribution in [3.8, 4) is 0 Å². The molecule has 0 spiro atoms. The maximum Gasteiger partial charge on any atom is 0.221 e.